The third-order valence-corrected chi connectivity index (χ3v) is 8.55. The van der Waals surface area contributed by atoms with Gasteiger partial charge in [-0.2, -0.15) is 0 Å². The quantitative estimate of drug-likeness (QED) is 0.240. The van der Waals surface area contributed by atoms with Gasteiger partial charge in [0, 0.05) is 12.2 Å². The standard InChI is InChI=1S/C24H28N4O2.C7H8O3S/c1-30-15-14-27-17-26-28(18-27)22-13-12-21(16-22)24(23(25)29,19-8-4-2-5-9-19)20-10-6-3-7-11-20;1-6-2-4-7(5-3-6)11(8,9)10/h2-11,17-18,21-22H,12-16H2,1H3,(H-,25,29);2-5H,1H3,(H,8,9,10)/t21-,22+;/m0./s1. The van der Waals surface area contributed by atoms with Crippen LogP contribution in [0, 0.1) is 12.8 Å². The molecule has 2 N–H and O–H groups in total. The van der Waals surface area contributed by atoms with Crippen molar-refractivity contribution in [3.8, 4) is 0 Å². The lowest BCUT2D eigenvalue weighted by Crippen LogP contribution is -2.47. The topological polar surface area (TPSA) is 131 Å². The number of amides is 1. The molecule has 0 saturated heterocycles. The van der Waals surface area contributed by atoms with E-state index in [1.165, 1.54) is 12.1 Å². The van der Waals surface area contributed by atoms with Crippen LogP contribution < -0.4 is 10.3 Å². The fourth-order valence-corrected chi connectivity index (χ4v) is 6.13. The van der Waals surface area contributed by atoms with Gasteiger partial charge in [-0.1, -0.05) is 78.4 Å². The molecule has 1 heterocycles. The molecule has 2 atom stereocenters. The van der Waals surface area contributed by atoms with E-state index >= 15 is 0 Å². The van der Waals surface area contributed by atoms with Crippen molar-refractivity contribution >= 4 is 16.0 Å². The van der Waals surface area contributed by atoms with Gasteiger partial charge in [0.05, 0.1) is 18.0 Å². The van der Waals surface area contributed by atoms with Crippen molar-refractivity contribution in [3.05, 3.63) is 114 Å². The SMILES string of the molecule is COCC[n+]1cnn([C@@H]2CC[C@H](C(C(N)=O)(c3ccccc3)c3ccccc3)C2)c1.Cc1ccc(S(=O)(=O)[O-])cc1. The maximum absolute atomic E-state index is 13.2. The molecule has 1 aliphatic carbocycles. The summed E-state index contributed by atoms with van der Waals surface area (Å²) >= 11 is 0. The van der Waals surface area contributed by atoms with E-state index in [-0.39, 0.29) is 22.8 Å². The van der Waals surface area contributed by atoms with Gasteiger partial charge in [0.1, 0.15) is 21.6 Å². The first-order valence-electron chi connectivity index (χ1n) is 13.5. The van der Waals surface area contributed by atoms with Crippen LogP contribution in [0.2, 0.25) is 0 Å². The van der Waals surface area contributed by atoms with Gasteiger partial charge >= 0.3 is 0 Å². The first-order valence-corrected chi connectivity index (χ1v) is 14.9. The fourth-order valence-electron chi connectivity index (χ4n) is 5.66. The van der Waals surface area contributed by atoms with E-state index in [9.17, 15) is 17.8 Å². The molecular weight excluding hydrogens is 540 g/mol. The second kappa shape index (κ2) is 13.2. The maximum Gasteiger partial charge on any atom is 0.265 e. The highest BCUT2D eigenvalue weighted by Crippen LogP contribution is 2.49. The van der Waals surface area contributed by atoms with Crippen LogP contribution in [0.4, 0.5) is 0 Å². The third-order valence-electron chi connectivity index (χ3n) is 7.70. The van der Waals surface area contributed by atoms with Gasteiger partial charge in [0.25, 0.3) is 6.33 Å². The Morgan fingerprint density at radius 2 is 1.61 bits per heavy atom. The lowest BCUT2D eigenvalue weighted by atomic mass is 9.64. The Labute approximate surface area is 241 Å². The number of methoxy groups -OCH3 is 1. The fraction of sp³-hybridized carbons (Fsp3) is 0.323. The van der Waals surface area contributed by atoms with E-state index in [0.717, 1.165) is 42.5 Å². The highest BCUT2D eigenvalue weighted by Gasteiger charge is 2.51. The predicted octanol–water partition coefficient (Wildman–Crippen LogP) is 3.53. The number of hydrogen-bond donors (Lipinski definition) is 1. The van der Waals surface area contributed by atoms with Gasteiger partial charge in [-0.3, -0.25) is 4.79 Å². The number of hydrogen-bond acceptors (Lipinski definition) is 6. The van der Waals surface area contributed by atoms with Gasteiger partial charge in [0.2, 0.25) is 12.2 Å². The van der Waals surface area contributed by atoms with Crippen molar-refractivity contribution in [2.75, 3.05) is 13.7 Å². The highest BCUT2D eigenvalue weighted by atomic mass is 32.2. The van der Waals surface area contributed by atoms with E-state index in [1.807, 2.05) is 89.5 Å². The number of aryl methyl sites for hydroxylation is 1. The highest BCUT2D eigenvalue weighted by molar-refractivity contribution is 7.85. The molecule has 0 radical (unpaired) electrons. The predicted molar refractivity (Wildman–Crippen MR) is 153 cm³/mol. The first kappa shape index (κ1) is 30.1. The molecule has 0 bridgehead atoms. The minimum atomic E-state index is -4.27. The molecule has 5 rings (SSSR count). The number of aromatic nitrogens is 3. The van der Waals surface area contributed by atoms with Crippen molar-refractivity contribution in [1.29, 1.82) is 0 Å². The molecule has 0 unspecified atom stereocenters. The minimum Gasteiger partial charge on any atom is -0.744 e. The van der Waals surface area contributed by atoms with Crippen molar-refractivity contribution < 1.29 is 27.1 Å². The van der Waals surface area contributed by atoms with Crippen LogP contribution in [0.15, 0.2) is 102 Å². The zero-order valence-electron chi connectivity index (χ0n) is 23.3. The maximum atomic E-state index is 13.2. The van der Waals surface area contributed by atoms with Gasteiger partial charge in [-0.25, -0.2) is 13.0 Å². The monoisotopic (exact) mass is 576 g/mol. The van der Waals surface area contributed by atoms with Crippen LogP contribution in [0.1, 0.15) is 42.0 Å². The number of rotatable bonds is 9. The average Bonchev–Trinajstić information content (AvgIpc) is 3.64. The molecular formula is C31H36N4O5S. The summed E-state index contributed by atoms with van der Waals surface area (Å²) in [6.07, 6.45) is 6.59. The summed E-state index contributed by atoms with van der Waals surface area (Å²) in [6.45, 7) is 3.24. The van der Waals surface area contributed by atoms with Crippen LogP contribution >= 0.6 is 0 Å². The molecule has 10 heteroatoms. The lowest BCUT2D eigenvalue weighted by Gasteiger charge is -2.37. The summed E-state index contributed by atoms with van der Waals surface area (Å²) in [6, 6.07) is 26.0. The van der Waals surface area contributed by atoms with Crippen LogP contribution in [0.25, 0.3) is 0 Å². The largest absolute Gasteiger partial charge is 0.744 e. The Bertz CT molecular complexity index is 1480. The van der Waals surface area contributed by atoms with E-state index in [1.54, 1.807) is 19.2 Å². The number of benzene rings is 3. The van der Waals surface area contributed by atoms with Gasteiger partial charge in [0.15, 0.2) is 0 Å². The second-order valence-electron chi connectivity index (χ2n) is 10.3. The molecule has 1 saturated carbocycles. The van der Waals surface area contributed by atoms with Crippen LogP contribution in [0.5, 0.6) is 0 Å². The van der Waals surface area contributed by atoms with Crippen molar-refractivity contribution in [2.24, 2.45) is 11.7 Å². The Hall–Kier alpha value is -3.86. The number of primary amides is 1. The number of carbonyl (C=O) groups excluding carboxylic acids is 1. The average molecular weight is 577 g/mol. The summed E-state index contributed by atoms with van der Waals surface area (Å²) in [7, 11) is -2.57. The Morgan fingerprint density at radius 3 is 2.12 bits per heavy atom. The Kier molecular flexibility index (Phi) is 9.69. The number of carbonyl (C=O) groups is 1. The normalized spacial score (nSPS) is 17.0. The van der Waals surface area contributed by atoms with Crippen LogP contribution in [0.3, 0.4) is 0 Å². The van der Waals surface area contributed by atoms with E-state index in [0.29, 0.717) is 6.61 Å². The molecule has 1 amide bonds. The smallest absolute Gasteiger partial charge is 0.265 e. The minimum absolute atomic E-state index is 0.0985. The van der Waals surface area contributed by atoms with Gasteiger partial charge in [-0.05, 0) is 55.4 Å². The third kappa shape index (κ3) is 6.90. The molecule has 9 nitrogen and oxygen atoms in total. The number of nitrogens with zero attached hydrogens (tertiary/aromatic N) is 3. The molecule has 4 aromatic rings. The summed E-state index contributed by atoms with van der Waals surface area (Å²) in [5, 5.41) is 4.57. The molecule has 216 valence electrons. The van der Waals surface area contributed by atoms with Gasteiger partial charge in [-0.15, -0.1) is 4.68 Å². The van der Waals surface area contributed by atoms with Crippen molar-refractivity contribution in [3.63, 3.8) is 0 Å². The zero-order valence-corrected chi connectivity index (χ0v) is 24.1. The molecule has 1 aromatic heterocycles. The summed E-state index contributed by atoms with van der Waals surface area (Å²) in [5.74, 6) is -0.192. The van der Waals surface area contributed by atoms with Crippen LogP contribution in [-0.2, 0) is 31.6 Å². The Balaban J connectivity index is 0.000000296. The molecule has 41 heavy (non-hydrogen) atoms. The molecule has 0 spiro atoms. The molecule has 1 fully saturated rings. The molecule has 3 aromatic carbocycles. The van der Waals surface area contributed by atoms with E-state index in [2.05, 4.69) is 5.10 Å². The summed E-state index contributed by atoms with van der Waals surface area (Å²) in [4.78, 5) is 13.0. The molecule has 0 aliphatic heterocycles. The summed E-state index contributed by atoms with van der Waals surface area (Å²) in [5.41, 5.74) is 8.18. The Morgan fingerprint density at radius 1 is 1.02 bits per heavy atom. The van der Waals surface area contributed by atoms with Crippen molar-refractivity contribution in [2.45, 2.75) is 49.1 Å². The molecule has 1 aliphatic rings. The van der Waals surface area contributed by atoms with Crippen molar-refractivity contribution in [1.82, 2.24) is 9.78 Å². The number of ether oxygens (including phenoxy) is 1. The second-order valence-corrected chi connectivity index (χ2v) is 11.7. The lowest BCUT2D eigenvalue weighted by molar-refractivity contribution is -0.699. The summed E-state index contributed by atoms with van der Waals surface area (Å²) < 4.78 is 40.4. The zero-order chi connectivity index (χ0) is 29.5. The number of nitrogens with two attached hydrogens (primary N) is 1. The van der Waals surface area contributed by atoms with E-state index in [4.69, 9.17) is 10.5 Å². The first-order chi connectivity index (χ1) is 19.7. The van der Waals surface area contributed by atoms with Crippen LogP contribution in [-0.4, -0.2) is 42.4 Å². The van der Waals surface area contributed by atoms with E-state index < -0.39 is 15.5 Å². The van der Waals surface area contributed by atoms with Gasteiger partial charge < -0.3 is 15.0 Å².